The molecule has 0 saturated heterocycles. The highest BCUT2D eigenvalue weighted by Crippen LogP contribution is 2.24. The Bertz CT molecular complexity index is 733. The van der Waals surface area contributed by atoms with Gasteiger partial charge in [-0.15, -0.1) is 0 Å². The molecule has 1 aliphatic carbocycles. The van der Waals surface area contributed by atoms with E-state index in [2.05, 4.69) is 21.4 Å². The Kier molecular flexibility index (Phi) is 3.90. The van der Waals surface area contributed by atoms with Crippen LogP contribution in [0.3, 0.4) is 0 Å². The number of H-pyrrole nitrogens is 1. The highest BCUT2D eigenvalue weighted by Gasteiger charge is 2.07. The summed E-state index contributed by atoms with van der Waals surface area (Å²) in [5, 5.41) is 3.88. The van der Waals surface area contributed by atoms with E-state index in [0.29, 0.717) is 16.6 Å². The van der Waals surface area contributed by atoms with Gasteiger partial charge in [-0.1, -0.05) is 11.6 Å². The lowest BCUT2D eigenvalue weighted by Gasteiger charge is -2.14. The van der Waals surface area contributed by atoms with E-state index >= 15 is 0 Å². The first kappa shape index (κ1) is 13.7. The van der Waals surface area contributed by atoms with Crippen molar-refractivity contribution in [3.8, 4) is 0 Å². The maximum Gasteiger partial charge on any atom is 0.258 e. The summed E-state index contributed by atoms with van der Waals surface area (Å²) in [4.78, 5) is 18.4. The van der Waals surface area contributed by atoms with Crippen LogP contribution in [0.2, 0.25) is 0 Å². The molecule has 0 fully saturated rings. The van der Waals surface area contributed by atoms with Gasteiger partial charge in [0.25, 0.3) is 5.56 Å². The zero-order valence-corrected chi connectivity index (χ0v) is 12.0. The summed E-state index contributed by atoms with van der Waals surface area (Å²) in [5.41, 5.74) is 9.47. The summed E-state index contributed by atoms with van der Waals surface area (Å²) in [6, 6.07) is 3.53. The predicted octanol–water partition coefficient (Wildman–Crippen LogP) is 2.81. The molecular weight excluding hydrogens is 264 g/mol. The molecule has 0 atom stereocenters. The molecule has 1 aliphatic rings. The van der Waals surface area contributed by atoms with E-state index in [-0.39, 0.29) is 5.56 Å². The quantitative estimate of drug-likeness (QED) is 0.595. The standard InChI is InChI=1S/C16H20N4O/c17-13-8-12-14(19-10-20-16(12)21)9-15(13)18-7-6-11-4-2-1-3-5-11/h4,8-10,18H,1-3,5-7,17H2,(H,19,20,21). The molecule has 2 aromatic rings. The van der Waals surface area contributed by atoms with Crippen LogP contribution in [0.5, 0.6) is 0 Å². The van der Waals surface area contributed by atoms with Crippen molar-refractivity contribution in [3.63, 3.8) is 0 Å². The SMILES string of the molecule is Nc1cc2c(=O)[nH]cnc2cc1NCCC1=CCCCC1. The highest BCUT2D eigenvalue weighted by molar-refractivity contribution is 5.88. The molecule has 3 rings (SSSR count). The van der Waals surface area contributed by atoms with Crippen molar-refractivity contribution in [2.45, 2.75) is 32.1 Å². The van der Waals surface area contributed by atoms with Crippen molar-refractivity contribution in [2.75, 3.05) is 17.6 Å². The summed E-state index contributed by atoms with van der Waals surface area (Å²) in [6.45, 7) is 0.852. The number of allylic oxidation sites excluding steroid dienone is 1. The minimum Gasteiger partial charge on any atom is -0.397 e. The van der Waals surface area contributed by atoms with E-state index in [1.54, 1.807) is 6.07 Å². The third kappa shape index (κ3) is 3.07. The Morgan fingerprint density at radius 1 is 1.33 bits per heavy atom. The molecule has 0 saturated carbocycles. The first-order valence-electron chi connectivity index (χ1n) is 7.43. The lowest BCUT2D eigenvalue weighted by atomic mass is 9.97. The van der Waals surface area contributed by atoms with Crippen molar-refractivity contribution in [2.24, 2.45) is 0 Å². The summed E-state index contributed by atoms with van der Waals surface area (Å²) >= 11 is 0. The monoisotopic (exact) mass is 284 g/mol. The molecular formula is C16H20N4O. The number of nitrogen functional groups attached to an aromatic ring is 1. The number of hydrogen-bond donors (Lipinski definition) is 3. The van der Waals surface area contributed by atoms with Crippen molar-refractivity contribution in [1.82, 2.24) is 9.97 Å². The van der Waals surface area contributed by atoms with Gasteiger partial charge in [0.2, 0.25) is 0 Å². The van der Waals surface area contributed by atoms with Crippen LogP contribution in [-0.4, -0.2) is 16.5 Å². The zero-order valence-electron chi connectivity index (χ0n) is 12.0. The molecule has 1 heterocycles. The molecule has 0 aliphatic heterocycles. The van der Waals surface area contributed by atoms with Crippen LogP contribution in [0, 0.1) is 0 Å². The van der Waals surface area contributed by atoms with Gasteiger partial charge < -0.3 is 16.0 Å². The smallest absolute Gasteiger partial charge is 0.258 e. The summed E-state index contributed by atoms with van der Waals surface area (Å²) in [6.07, 6.45) is 9.85. The lowest BCUT2D eigenvalue weighted by molar-refractivity contribution is 0.679. The molecule has 0 bridgehead atoms. The number of nitrogens with one attached hydrogen (secondary N) is 2. The number of benzene rings is 1. The molecule has 1 aromatic heterocycles. The van der Waals surface area contributed by atoms with Gasteiger partial charge in [0, 0.05) is 6.54 Å². The van der Waals surface area contributed by atoms with E-state index < -0.39 is 0 Å². The highest BCUT2D eigenvalue weighted by atomic mass is 16.1. The fraction of sp³-hybridized carbons (Fsp3) is 0.375. The normalized spacial score (nSPS) is 15.0. The van der Waals surface area contributed by atoms with Crippen LogP contribution in [-0.2, 0) is 0 Å². The van der Waals surface area contributed by atoms with Crippen LogP contribution in [0.4, 0.5) is 11.4 Å². The van der Waals surface area contributed by atoms with E-state index in [1.165, 1.54) is 37.6 Å². The molecule has 110 valence electrons. The molecule has 5 nitrogen and oxygen atoms in total. The first-order valence-corrected chi connectivity index (χ1v) is 7.43. The minimum absolute atomic E-state index is 0.161. The second-order valence-corrected chi connectivity index (χ2v) is 5.47. The summed E-state index contributed by atoms with van der Waals surface area (Å²) < 4.78 is 0. The Morgan fingerprint density at radius 3 is 3.05 bits per heavy atom. The van der Waals surface area contributed by atoms with Crippen molar-refractivity contribution < 1.29 is 0 Å². The van der Waals surface area contributed by atoms with E-state index in [1.807, 2.05) is 6.07 Å². The van der Waals surface area contributed by atoms with Crippen LogP contribution in [0.15, 0.2) is 34.9 Å². The maximum atomic E-state index is 11.7. The molecule has 0 unspecified atom stereocenters. The van der Waals surface area contributed by atoms with Crippen LogP contribution < -0.4 is 16.6 Å². The average Bonchev–Trinajstić information content (AvgIpc) is 2.50. The van der Waals surface area contributed by atoms with Gasteiger partial charge in [-0.2, -0.15) is 0 Å². The first-order chi connectivity index (χ1) is 10.2. The lowest BCUT2D eigenvalue weighted by Crippen LogP contribution is -2.10. The number of hydrogen-bond acceptors (Lipinski definition) is 4. The number of fused-ring (bicyclic) bond motifs is 1. The van der Waals surface area contributed by atoms with Gasteiger partial charge >= 0.3 is 0 Å². The zero-order chi connectivity index (χ0) is 14.7. The van der Waals surface area contributed by atoms with Crippen molar-refractivity contribution >= 4 is 22.3 Å². The van der Waals surface area contributed by atoms with E-state index in [9.17, 15) is 4.79 Å². The number of anilines is 2. The van der Waals surface area contributed by atoms with Gasteiger partial charge in [-0.25, -0.2) is 4.98 Å². The summed E-state index contributed by atoms with van der Waals surface area (Å²) in [5.74, 6) is 0. The minimum atomic E-state index is -0.161. The van der Waals surface area contributed by atoms with Gasteiger partial charge in [0.1, 0.15) is 0 Å². The van der Waals surface area contributed by atoms with E-state index in [0.717, 1.165) is 18.7 Å². The molecule has 0 radical (unpaired) electrons. The molecule has 0 amide bonds. The molecule has 1 aromatic carbocycles. The number of nitrogens with zero attached hydrogens (tertiary/aromatic N) is 1. The van der Waals surface area contributed by atoms with E-state index in [4.69, 9.17) is 5.73 Å². The predicted molar refractivity (Wildman–Crippen MR) is 86.4 cm³/mol. The van der Waals surface area contributed by atoms with Gasteiger partial charge in [-0.3, -0.25) is 4.79 Å². The fourth-order valence-electron chi connectivity index (χ4n) is 2.77. The summed E-state index contributed by atoms with van der Waals surface area (Å²) in [7, 11) is 0. The van der Waals surface area contributed by atoms with Gasteiger partial charge in [0.15, 0.2) is 0 Å². The van der Waals surface area contributed by atoms with Gasteiger partial charge in [0.05, 0.1) is 28.6 Å². The van der Waals surface area contributed by atoms with Gasteiger partial charge in [-0.05, 0) is 44.2 Å². The number of aromatic amines is 1. The second-order valence-electron chi connectivity index (χ2n) is 5.47. The molecule has 5 heteroatoms. The topological polar surface area (TPSA) is 83.8 Å². The average molecular weight is 284 g/mol. The fourth-order valence-corrected chi connectivity index (χ4v) is 2.77. The maximum absolute atomic E-state index is 11.7. The van der Waals surface area contributed by atoms with Crippen LogP contribution >= 0.6 is 0 Å². The Morgan fingerprint density at radius 2 is 2.24 bits per heavy atom. The molecule has 0 spiro atoms. The Balaban J connectivity index is 1.73. The van der Waals surface area contributed by atoms with Crippen molar-refractivity contribution in [1.29, 1.82) is 0 Å². The Labute approximate surface area is 123 Å². The van der Waals surface area contributed by atoms with Crippen LogP contribution in [0.25, 0.3) is 10.9 Å². The third-order valence-electron chi connectivity index (χ3n) is 3.96. The largest absolute Gasteiger partial charge is 0.397 e. The number of nitrogens with two attached hydrogens (primary N) is 1. The molecule has 4 N–H and O–H groups in total. The number of aromatic nitrogens is 2. The number of rotatable bonds is 4. The Hall–Kier alpha value is -2.30. The van der Waals surface area contributed by atoms with Crippen molar-refractivity contribution in [3.05, 3.63) is 40.5 Å². The van der Waals surface area contributed by atoms with Crippen LogP contribution in [0.1, 0.15) is 32.1 Å². The second kappa shape index (κ2) is 5.99. The third-order valence-corrected chi connectivity index (χ3v) is 3.96. The molecule has 21 heavy (non-hydrogen) atoms.